The van der Waals surface area contributed by atoms with Crippen molar-refractivity contribution >= 4 is 5.91 Å². The summed E-state index contributed by atoms with van der Waals surface area (Å²) in [6, 6.07) is 0. The molecule has 2 rings (SSSR count). The van der Waals surface area contributed by atoms with Crippen LogP contribution in [0, 0.1) is 11.8 Å². The van der Waals surface area contributed by atoms with Crippen LogP contribution in [0.2, 0.25) is 0 Å². The molecule has 26 heavy (non-hydrogen) atoms. The molecule has 1 amide bonds. The maximum Gasteiger partial charge on any atom is 0.242 e. The Labute approximate surface area is 158 Å². The summed E-state index contributed by atoms with van der Waals surface area (Å²) in [5.41, 5.74) is 0. The lowest BCUT2D eigenvalue weighted by molar-refractivity contribution is -0.162. The lowest BCUT2D eigenvalue weighted by atomic mass is 9.78. The SMILES string of the molecule is CCCCCCOC[C@H]1[C@@H](CC=CCCCN(O)C(C)=O)[C@H]2CC[C@@H]1O2. The minimum atomic E-state index is -0.300. The number of fused-ring (bicyclic) bond motifs is 2. The van der Waals surface area contributed by atoms with Crippen LogP contribution in [-0.2, 0) is 14.3 Å². The van der Waals surface area contributed by atoms with Gasteiger partial charge in [0.1, 0.15) is 0 Å². The Morgan fingerprint density at radius 1 is 1.15 bits per heavy atom. The van der Waals surface area contributed by atoms with Crippen LogP contribution in [0.1, 0.15) is 71.6 Å². The Balaban J connectivity index is 1.64. The quantitative estimate of drug-likeness (QED) is 0.228. The van der Waals surface area contributed by atoms with Crippen LogP contribution in [0.15, 0.2) is 12.2 Å². The molecule has 150 valence electrons. The highest BCUT2D eigenvalue weighted by Crippen LogP contribution is 2.45. The van der Waals surface area contributed by atoms with Gasteiger partial charge in [-0.25, -0.2) is 5.06 Å². The van der Waals surface area contributed by atoms with Crippen LogP contribution in [0.25, 0.3) is 0 Å². The van der Waals surface area contributed by atoms with Crippen molar-refractivity contribution in [2.45, 2.75) is 83.8 Å². The van der Waals surface area contributed by atoms with E-state index in [1.807, 2.05) is 0 Å². The van der Waals surface area contributed by atoms with Crippen molar-refractivity contribution < 1.29 is 19.5 Å². The lowest BCUT2D eigenvalue weighted by Gasteiger charge is -2.27. The smallest absolute Gasteiger partial charge is 0.242 e. The molecule has 0 aromatic heterocycles. The van der Waals surface area contributed by atoms with Gasteiger partial charge < -0.3 is 9.47 Å². The fourth-order valence-electron chi connectivity index (χ4n) is 4.17. The number of amides is 1. The van der Waals surface area contributed by atoms with E-state index >= 15 is 0 Å². The standard InChI is InChI=1S/C21H37NO4/c1-3-4-5-10-15-25-16-19-18(20-12-13-21(19)26-20)11-8-6-7-9-14-22(24)17(2)23/h6,8,18-21,24H,3-5,7,9-16H2,1-2H3/t18-,19+,20-,21+/m1/s1. The number of hydrogen-bond acceptors (Lipinski definition) is 4. The van der Waals surface area contributed by atoms with Gasteiger partial charge in [-0.15, -0.1) is 0 Å². The van der Waals surface area contributed by atoms with Gasteiger partial charge in [-0.1, -0.05) is 38.3 Å². The molecule has 4 atom stereocenters. The second kappa shape index (κ2) is 11.7. The number of ether oxygens (including phenoxy) is 2. The maximum absolute atomic E-state index is 10.9. The molecular weight excluding hydrogens is 330 g/mol. The number of hydroxylamine groups is 2. The minimum absolute atomic E-state index is 0.300. The van der Waals surface area contributed by atoms with Crippen LogP contribution in [0.5, 0.6) is 0 Å². The summed E-state index contributed by atoms with van der Waals surface area (Å²) in [6.45, 7) is 5.71. The van der Waals surface area contributed by atoms with Crippen molar-refractivity contribution in [1.29, 1.82) is 0 Å². The van der Waals surface area contributed by atoms with E-state index in [1.54, 1.807) is 0 Å². The highest BCUT2D eigenvalue weighted by atomic mass is 16.5. The zero-order valence-electron chi connectivity index (χ0n) is 16.6. The molecule has 0 unspecified atom stereocenters. The first-order valence-corrected chi connectivity index (χ1v) is 10.5. The van der Waals surface area contributed by atoms with Gasteiger partial charge in [0.25, 0.3) is 0 Å². The van der Waals surface area contributed by atoms with Crippen LogP contribution < -0.4 is 0 Å². The van der Waals surface area contributed by atoms with Crippen molar-refractivity contribution in [3.05, 3.63) is 12.2 Å². The van der Waals surface area contributed by atoms with Gasteiger partial charge in [0.15, 0.2) is 0 Å². The largest absolute Gasteiger partial charge is 0.381 e. The molecule has 2 aliphatic heterocycles. The minimum Gasteiger partial charge on any atom is -0.381 e. The van der Waals surface area contributed by atoms with Gasteiger partial charge >= 0.3 is 0 Å². The van der Waals surface area contributed by atoms with Crippen LogP contribution in [0.3, 0.4) is 0 Å². The average molecular weight is 368 g/mol. The second-order valence-corrected chi connectivity index (χ2v) is 7.75. The van der Waals surface area contributed by atoms with Gasteiger partial charge in [-0.05, 0) is 44.4 Å². The van der Waals surface area contributed by atoms with E-state index in [-0.39, 0.29) is 5.91 Å². The third kappa shape index (κ3) is 6.67. The number of nitrogens with zero attached hydrogens (tertiary/aromatic N) is 1. The first-order chi connectivity index (χ1) is 12.6. The molecule has 0 spiro atoms. The van der Waals surface area contributed by atoms with E-state index in [2.05, 4.69) is 19.1 Å². The summed E-state index contributed by atoms with van der Waals surface area (Å²) in [6.07, 6.45) is 15.3. The summed E-state index contributed by atoms with van der Waals surface area (Å²) in [4.78, 5) is 10.9. The van der Waals surface area contributed by atoms with Crippen molar-refractivity contribution in [1.82, 2.24) is 5.06 Å². The summed E-state index contributed by atoms with van der Waals surface area (Å²) >= 11 is 0. The monoisotopic (exact) mass is 367 g/mol. The summed E-state index contributed by atoms with van der Waals surface area (Å²) in [5, 5.41) is 10.1. The summed E-state index contributed by atoms with van der Waals surface area (Å²) in [5.74, 6) is 0.813. The summed E-state index contributed by atoms with van der Waals surface area (Å²) in [7, 11) is 0. The van der Waals surface area contributed by atoms with E-state index in [4.69, 9.17) is 9.47 Å². The Morgan fingerprint density at radius 3 is 2.65 bits per heavy atom. The number of carbonyl (C=O) groups is 1. The van der Waals surface area contributed by atoms with Crippen LogP contribution in [0.4, 0.5) is 0 Å². The summed E-state index contributed by atoms with van der Waals surface area (Å²) < 4.78 is 12.1. The third-order valence-electron chi connectivity index (χ3n) is 5.72. The van der Waals surface area contributed by atoms with E-state index in [9.17, 15) is 10.0 Å². The van der Waals surface area contributed by atoms with Gasteiger partial charge in [0.05, 0.1) is 18.8 Å². The molecule has 0 aliphatic carbocycles. The van der Waals surface area contributed by atoms with Gasteiger partial charge in [0.2, 0.25) is 5.91 Å². The molecule has 5 heteroatoms. The highest BCUT2D eigenvalue weighted by Gasteiger charge is 2.48. The number of carbonyl (C=O) groups excluding carboxylic acids is 1. The fraction of sp³-hybridized carbons (Fsp3) is 0.857. The van der Waals surface area contributed by atoms with Crippen molar-refractivity contribution in [2.75, 3.05) is 19.8 Å². The molecule has 0 radical (unpaired) electrons. The number of unbranched alkanes of at least 4 members (excludes halogenated alkanes) is 4. The molecule has 5 nitrogen and oxygen atoms in total. The molecular formula is C21H37NO4. The Kier molecular flexibility index (Phi) is 9.65. The zero-order chi connectivity index (χ0) is 18.8. The van der Waals surface area contributed by atoms with E-state index in [0.29, 0.717) is 30.6 Å². The van der Waals surface area contributed by atoms with E-state index in [0.717, 1.165) is 37.5 Å². The van der Waals surface area contributed by atoms with E-state index in [1.165, 1.54) is 45.4 Å². The molecule has 2 bridgehead atoms. The molecule has 0 aromatic carbocycles. The normalized spacial score (nSPS) is 27.5. The van der Waals surface area contributed by atoms with Crippen molar-refractivity contribution in [3.63, 3.8) is 0 Å². The highest BCUT2D eigenvalue weighted by molar-refractivity contribution is 5.71. The number of hydrogen-bond donors (Lipinski definition) is 1. The van der Waals surface area contributed by atoms with Gasteiger partial charge in [0, 0.05) is 26.0 Å². The van der Waals surface area contributed by atoms with Gasteiger partial charge in [-0.2, -0.15) is 0 Å². The Morgan fingerprint density at radius 2 is 1.92 bits per heavy atom. The predicted molar refractivity (Wildman–Crippen MR) is 102 cm³/mol. The number of allylic oxidation sites excluding steroid dienone is 2. The average Bonchev–Trinajstić information content (AvgIpc) is 3.22. The van der Waals surface area contributed by atoms with E-state index < -0.39 is 0 Å². The second-order valence-electron chi connectivity index (χ2n) is 7.75. The van der Waals surface area contributed by atoms with Crippen LogP contribution >= 0.6 is 0 Å². The first kappa shape index (κ1) is 21.4. The molecule has 2 aliphatic rings. The predicted octanol–water partition coefficient (Wildman–Crippen LogP) is 4.34. The molecule has 2 saturated heterocycles. The number of rotatable bonds is 13. The Hall–Kier alpha value is -0.910. The third-order valence-corrected chi connectivity index (χ3v) is 5.72. The molecule has 2 heterocycles. The molecule has 0 saturated carbocycles. The van der Waals surface area contributed by atoms with Crippen molar-refractivity contribution in [2.24, 2.45) is 11.8 Å². The van der Waals surface area contributed by atoms with Crippen molar-refractivity contribution in [3.8, 4) is 0 Å². The topological polar surface area (TPSA) is 59.0 Å². The Bertz CT molecular complexity index is 440. The maximum atomic E-state index is 10.9. The lowest BCUT2D eigenvalue weighted by Crippen LogP contribution is -2.30. The first-order valence-electron chi connectivity index (χ1n) is 10.5. The zero-order valence-corrected chi connectivity index (χ0v) is 16.6. The molecule has 2 fully saturated rings. The van der Waals surface area contributed by atoms with Gasteiger partial charge in [-0.3, -0.25) is 10.0 Å². The fourth-order valence-corrected chi connectivity index (χ4v) is 4.17. The van der Waals surface area contributed by atoms with Crippen LogP contribution in [-0.4, -0.2) is 48.1 Å². The molecule has 1 N–H and O–H groups in total. The molecule has 0 aromatic rings.